The molecule has 1 aliphatic carbocycles. The second-order valence-corrected chi connectivity index (χ2v) is 9.59. The van der Waals surface area contributed by atoms with Gasteiger partial charge in [-0.1, -0.05) is 42.5 Å². The molecule has 0 saturated carbocycles. The Kier molecular flexibility index (Phi) is 5.50. The molecule has 2 heterocycles. The Labute approximate surface area is 195 Å². The number of carbonyl (C=O) groups excluding carboxylic acids is 1. The summed E-state index contributed by atoms with van der Waals surface area (Å²) in [6.45, 7) is 4.08. The Morgan fingerprint density at radius 2 is 1.88 bits per heavy atom. The summed E-state index contributed by atoms with van der Waals surface area (Å²) in [5.74, 6) is -0.234. The van der Waals surface area contributed by atoms with E-state index in [4.69, 9.17) is 0 Å². The van der Waals surface area contributed by atoms with Crippen molar-refractivity contribution in [3.05, 3.63) is 103 Å². The molecule has 6 nitrogen and oxygen atoms in total. The molecular weight excluding hydrogens is 434 g/mol. The van der Waals surface area contributed by atoms with Gasteiger partial charge in [0.1, 0.15) is 11.2 Å². The van der Waals surface area contributed by atoms with Crippen molar-refractivity contribution in [2.24, 2.45) is 0 Å². The largest absolute Gasteiger partial charge is 0.348 e. The van der Waals surface area contributed by atoms with E-state index in [1.165, 1.54) is 26.0 Å². The van der Waals surface area contributed by atoms with E-state index in [0.717, 1.165) is 35.1 Å². The van der Waals surface area contributed by atoms with Crippen molar-refractivity contribution in [2.75, 3.05) is 0 Å². The number of benzene rings is 2. The van der Waals surface area contributed by atoms with Crippen LogP contribution in [-0.4, -0.2) is 15.0 Å². The zero-order valence-corrected chi connectivity index (χ0v) is 19.4. The average molecular weight is 460 g/mol. The predicted molar refractivity (Wildman–Crippen MR) is 131 cm³/mol. The van der Waals surface area contributed by atoms with Crippen LogP contribution in [-0.2, 0) is 24.3 Å². The number of carbonyl (C=O) groups is 1. The molecular formula is C26H25N3O3S. The SMILES string of the molecule is Cc1ccc(Cn2c(=O)c3sccc3n(CC(=O)NC3CCc4ccccc43)c2=O)cc1C. The van der Waals surface area contributed by atoms with Crippen molar-refractivity contribution >= 4 is 27.5 Å². The third kappa shape index (κ3) is 3.93. The van der Waals surface area contributed by atoms with Gasteiger partial charge in [0.2, 0.25) is 5.91 Å². The van der Waals surface area contributed by atoms with Crippen molar-refractivity contribution in [3.63, 3.8) is 0 Å². The second-order valence-electron chi connectivity index (χ2n) is 8.67. The Bertz CT molecular complexity index is 1490. The Morgan fingerprint density at radius 3 is 2.70 bits per heavy atom. The zero-order valence-electron chi connectivity index (χ0n) is 18.6. The van der Waals surface area contributed by atoms with Gasteiger partial charge >= 0.3 is 5.69 Å². The molecule has 0 bridgehead atoms. The second kappa shape index (κ2) is 8.48. The monoisotopic (exact) mass is 459 g/mol. The maximum absolute atomic E-state index is 13.4. The van der Waals surface area contributed by atoms with Crippen LogP contribution in [0.3, 0.4) is 0 Å². The van der Waals surface area contributed by atoms with Crippen molar-refractivity contribution in [3.8, 4) is 0 Å². The fourth-order valence-corrected chi connectivity index (χ4v) is 5.44. The highest BCUT2D eigenvalue weighted by Crippen LogP contribution is 2.30. The van der Waals surface area contributed by atoms with Gasteiger partial charge in [-0.15, -0.1) is 11.3 Å². The fraction of sp³-hybridized carbons (Fsp3) is 0.269. The van der Waals surface area contributed by atoms with Crippen LogP contribution in [0, 0.1) is 13.8 Å². The number of hydrogen-bond acceptors (Lipinski definition) is 4. The zero-order chi connectivity index (χ0) is 23.1. The van der Waals surface area contributed by atoms with Crippen LogP contribution in [0.2, 0.25) is 0 Å². The molecule has 1 unspecified atom stereocenters. The number of rotatable bonds is 5. The number of aryl methyl sites for hydroxylation is 3. The van der Waals surface area contributed by atoms with Crippen LogP contribution < -0.4 is 16.6 Å². The number of hydrogen-bond donors (Lipinski definition) is 1. The lowest BCUT2D eigenvalue weighted by Gasteiger charge is -2.16. The van der Waals surface area contributed by atoms with Gasteiger partial charge in [0.05, 0.1) is 18.1 Å². The summed E-state index contributed by atoms with van der Waals surface area (Å²) in [6.07, 6.45) is 1.77. The number of nitrogens with one attached hydrogen (secondary N) is 1. The van der Waals surface area contributed by atoms with E-state index in [0.29, 0.717) is 10.2 Å². The number of nitrogens with zero attached hydrogens (tertiary/aromatic N) is 2. The van der Waals surface area contributed by atoms with E-state index in [1.54, 1.807) is 11.4 Å². The van der Waals surface area contributed by atoms with Crippen LogP contribution in [0.4, 0.5) is 0 Å². The molecule has 4 aromatic rings. The van der Waals surface area contributed by atoms with E-state index in [1.807, 2.05) is 50.2 Å². The van der Waals surface area contributed by atoms with Crippen LogP contribution in [0.1, 0.15) is 40.3 Å². The number of fused-ring (bicyclic) bond motifs is 2. The quantitative estimate of drug-likeness (QED) is 0.495. The lowest BCUT2D eigenvalue weighted by atomic mass is 10.1. The van der Waals surface area contributed by atoms with Crippen LogP contribution in [0.15, 0.2) is 63.5 Å². The summed E-state index contributed by atoms with van der Waals surface area (Å²) in [5, 5.41) is 4.87. The minimum atomic E-state index is -0.467. The van der Waals surface area contributed by atoms with E-state index in [9.17, 15) is 14.4 Å². The first-order valence-electron chi connectivity index (χ1n) is 11.1. The number of amides is 1. The Balaban J connectivity index is 1.47. The molecule has 0 spiro atoms. The first kappa shape index (κ1) is 21.4. The molecule has 2 aromatic heterocycles. The fourth-order valence-electron chi connectivity index (χ4n) is 4.60. The van der Waals surface area contributed by atoms with Crippen molar-refractivity contribution < 1.29 is 4.79 Å². The smallest absolute Gasteiger partial charge is 0.332 e. The summed E-state index contributed by atoms with van der Waals surface area (Å²) in [4.78, 5) is 39.4. The maximum atomic E-state index is 13.4. The van der Waals surface area contributed by atoms with E-state index in [2.05, 4.69) is 11.4 Å². The number of thiophene rings is 1. The Hall–Kier alpha value is -3.45. The van der Waals surface area contributed by atoms with Crippen molar-refractivity contribution in [1.29, 1.82) is 0 Å². The number of aromatic nitrogens is 2. The van der Waals surface area contributed by atoms with Gasteiger partial charge in [-0.05, 0) is 66.0 Å². The van der Waals surface area contributed by atoms with Crippen molar-refractivity contribution in [2.45, 2.75) is 45.8 Å². The standard InChI is InChI=1S/C26H25N3O3S/c1-16-7-8-18(13-17(16)2)14-29-25(31)24-22(11-12-33-24)28(26(29)32)15-23(30)27-21-10-9-19-5-3-4-6-20(19)21/h3-8,11-13,21H,9-10,14-15H2,1-2H3,(H,27,30). The van der Waals surface area contributed by atoms with Crippen LogP contribution in [0.5, 0.6) is 0 Å². The molecule has 1 amide bonds. The van der Waals surface area contributed by atoms with E-state index >= 15 is 0 Å². The highest BCUT2D eigenvalue weighted by atomic mass is 32.1. The van der Waals surface area contributed by atoms with Gasteiger partial charge < -0.3 is 5.32 Å². The minimum absolute atomic E-state index is 0.0520. The molecule has 33 heavy (non-hydrogen) atoms. The van der Waals surface area contributed by atoms with Crippen LogP contribution in [0.25, 0.3) is 10.2 Å². The molecule has 0 saturated heterocycles. The summed E-state index contributed by atoms with van der Waals surface area (Å²) >= 11 is 1.29. The van der Waals surface area contributed by atoms with Gasteiger partial charge in [0, 0.05) is 0 Å². The van der Waals surface area contributed by atoms with Gasteiger partial charge in [-0.25, -0.2) is 4.79 Å². The Morgan fingerprint density at radius 1 is 1.06 bits per heavy atom. The van der Waals surface area contributed by atoms with E-state index in [-0.39, 0.29) is 30.6 Å². The first-order chi connectivity index (χ1) is 15.9. The minimum Gasteiger partial charge on any atom is -0.348 e. The third-order valence-electron chi connectivity index (χ3n) is 6.52. The highest BCUT2D eigenvalue weighted by Gasteiger charge is 2.24. The molecule has 7 heteroatoms. The summed E-state index contributed by atoms with van der Waals surface area (Å²) < 4.78 is 3.14. The molecule has 2 aromatic carbocycles. The topological polar surface area (TPSA) is 73.1 Å². The third-order valence-corrected chi connectivity index (χ3v) is 7.41. The normalized spacial score (nSPS) is 15.0. The summed E-state index contributed by atoms with van der Waals surface area (Å²) in [6, 6.07) is 15.7. The van der Waals surface area contributed by atoms with Crippen molar-refractivity contribution in [1.82, 2.24) is 14.5 Å². The van der Waals surface area contributed by atoms with E-state index < -0.39 is 5.69 Å². The lowest BCUT2D eigenvalue weighted by molar-refractivity contribution is -0.122. The molecule has 0 fully saturated rings. The predicted octanol–water partition coefficient (Wildman–Crippen LogP) is 3.69. The van der Waals surface area contributed by atoms with Crippen LogP contribution >= 0.6 is 11.3 Å². The van der Waals surface area contributed by atoms with Gasteiger partial charge in [0.25, 0.3) is 5.56 Å². The first-order valence-corrected chi connectivity index (χ1v) is 11.9. The molecule has 0 radical (unpaired) electrons. The summed E-state index contributed by atoms with van der Waals surface area (Å²) in [5.41, 5.74) is 5.26. The molecule has 5 rings (SSSR count). The van der Waals surface area contributed by atoms with Gasteiger partial charge in [0.15, 0.2) is 0 Å². The highest BCUT2D eigenvalue weighted by molar-refractivity contribution is 7.17. The molecule has 0 aliphatic heterocycles. The summed E-state index contributed by atoms with van der Waals surface area (Å²) in [7, 11) is 0. The molecule has 1 N–H and O–H groups in total. The molecule has 1 atom stereocenters. The average Bonchev–Trinajstić information content (AvgIpc) is 3.45. The maximum Gasteiger partial charge on any atom is 0.332 e. The molecule has 1 aliphatic rings. The lowest BCUT2D eigenvalue weighted by Crippen LogP contribution is -2.42. The van der Waals surface area contributed by atoms with Gasteiger partial charge in [-0.2, -0.15) is 0 Å². The molecule has 168 valence electrons. The van der Waals surface area contributed by atoms with Gasteiger partial charge in [-0.3, -0.25) is 18.7 Å².